The van der Waals surface area contributed by atoms with Gasteiger partial charge in [0.25, 0.3) is 5.56 Å². The van der Waals surface area contributed by atoms with E-state index in [1.165, 1.54) is 5.56 Å². The Morgan fingerprint density at radius 2 is 1.91 bits per heavy atom. The molecule has 5 rings (SSSR count). The number of anilines is 1. The predicted octanol–water partition coefficient (Wildman–Crippen LogP) is 4.61. The van der Waals surface area contributed by atoms with Crippen LogP contribution in [-0.2, 0) is 19.5 Å². The van der Waals surface area contributed by atoms with Gasteiger partial charge in [-0.2, -0.15) is 0 Å². The van der Waals surface area contributed by atoms with Crippen LogP contribution >= 0.6 is 12.2 Å². The molecule has 0 saturated heterocycles. The predicted molar refractivity (Wildman–Crippen MR) is 136 cm³/mol. The molecule has 7 nitrogen and oxygen atoms in total. The van der Waals surface area contributed by atoms with Gasteiger partial charge in [-0.3, -0.25) is 9.78 Å². The van der Waals surface area contributed by atoms with E-state index in [1.807, 2.05) is 47.4 Å². The number of aryl methyl sites for hydroxylation is 1. The van der Waals surface area contributed by atoms with E-state index in [1.54, 1.807) is 18.5 Å². The third-order valence-corrected chi connectivity index (χ3v) is 6.16. The molecule has 34 heavy (non-hydrogen) atoms. The van der Waals surface area contributed by atoms with Crippen LogP contribution < -0.4 is 20.3 Å². The molecule has 1 aliphatic heterocycles. The number of rotatable bonds is 6. The van der Waals surface area contributed by atoms with Gasteiger partial charge >= 0.3 is 0 Å². The summed E-state index contributed by atoms with van der Waals surface area (Å²) in [4.78, 5) is 22.1. The third-order valence-electron chi connectivity index (χ3n) is 5.80. The standard InChI is InChI=1S/C26H24N4O3S/c1-2-18-7-3-4-8-21(18)29-26(34)30(14-17-6-5-9-27-13-17)15-20-10-19-11-23-24(33-16-32-23)12-22(19)28-25(20)31/h3-13H,2,14-16H2,1H3,(H,28,31)(H,29,34). The molecule has 172 valence electrons. The van der Waals surface area contributed by atoms with E-state index in [-0.39, 0.29) is 12.4 Å². The van der Waals surface area contributed by atoms with Crippen LogP contribution in [-0.4, -0.2) is 26.8 Å². The molecule has 0 saturated carbocycles. The highest BCUT2D eigenvalue weighted by Crippen LogP contribution is 2.35. The first-order chi connectivity index (χ1) is 16.6. The first-order valence-electron chi connectivity index (χ1n) is 11.1. The first-order valence-corrected chi connectivity index (χ1v) is 11.5. The zero-order valence-corrected chi connectivity index (χ0v) is 19.5. The van der Waals surface area contributed by atoms with Gasteiger partial charge in [-0.25, -0.2) is 0 Å². The highest BCUT2D eigenvalue weighted by molar-refractivity contribution is 7.80. The van der Waals surface area contributed by atoms with Crippen molar-refractivity contribution in [2.45, 2.75) is 26.4 Å². The van der Waals surface area contributed by atoms with E-state index in [0.717, 1.165) is 23.1 Å². The SMILES string of the molecule is CCc1ccccc1NC(=S)N(Cc1cccnc1)Cc1cc2cc3c(cc2[nH]c1=O)OCO3. The lowest BCUT2D eigenvalue weighted by Gasteiger charge is -2.26. The second-order valence-corrected chi connectivity index (χ2v) is 8.46. The molecule has 0 unspecified atom stereocenters. The molecule has 0 aliphatic carbocycles. The number of nitrogens with zero attached hydrogens (tertiary/aromatic N) is 2. The van der Waals surface area contributed by atoms with Crippen LogP contribution in [0.5, 0.6) is 11.5 Å². The summed E-state index contributed by atoms with van der Waals surface area (Å²) < 4.78 is 10.9. The summed E-state index contributed by atoms with van der Waals surface area (Å²) in [5, 5.41) is 4.79. The molecule has 0 atom stereocenters. The van der Waals surface area contributed by atoms with Crippen molar-refractivity contribution in [1.29, 1.82) is 0 Å². The smallest absolute Gasteiger partial charge is 0.253 e. The minimum Gasteiger partial charge on any atom is -0.454 e. The number of H-pyrrole nitrogens is 1. The molecule has 0 spiro atoms. The fraction of sp³-hybridized carbons (Fsp3) is 0.192. The third kappa shape index (κ3) is 4.58. The van der Waals surface area contributed by atoms with Gasteiger partial charge in [-0.15, -0.1) is 0 Å². The maximum absolute atomic E-state index is 13.0. The zero-order chi connectivity index (χ0) is 23.5. The number of hydrogen-bond donors (Lipinski definition) is 2. The molecule has 4 aromatic rings. The van der Waals surface area contributed by atoms with Crippen molar-refractivity contribution in [3.05, 3.63) is 94.0 Å². The molecule has 0 fully saturated rings. The van der Waals surface area contributed by atoms with Gasteiger partial charge in [0.15, 0.2) is 16.6 Å². The van der Waals surface area contributed by atoms with Crippen LogP contribution in [0.2, 0.25) is 0 Å². The van der Waals surface area contributed by atoms with Crippen molar-refractivity contribution in [3.8, 4) is 11.5 Å². The van der Waals surface area contributed by atoms with E-state index < -0.39 is 0 Å². The lowest BCUT2D eigenvalue weighted by molar-refractivity contribution is 0.174. The van der Waals surface area contributed by atoms with Crippen LogP contribution in [0.1, 0.15) is 23.6 Å². The summed E-state index contributed by atoms with van der Waals surface area (Å²) in [5.41, 5.74) is 4.27. The van der Waals surface area contributed by atoms with Crippen LogP contribution in [0, 0.1) is 0 Å². The Bertz CT molecular complexity index is 1400. The Morgan fingerprint density at radius 3 is 2.71 bits per heavy atom. The van der Waals surface area contributed by atoms with E-state index in [0.29, 0.717) is 40.8 Å². The van der Waals surface area contributed by atoms with E-state index in [9.17, 15) is 4.79 Å². The van der Waals surface area contributed by atoms with E-state index in [4.69, 9.17) is 21.7 Å². The highest BCUT2D eigenvalue weighted by Gasteiger charge is 2.18. The fourth-order valence-corrected chi connectivity index (χ4v) is 4.26. The van der Waals surface area contributed by atoms with Gasteiger partial charge in [-0.1, -0.05) is 31.2 Å². The van der Waals surface area contributed by atoms with E-state index in [2.05, 4.69) is 28.3 Å². The van der Waals surface area contributed by atoms with Crippen LogP contribution in [0.25, 0.3) is 10.9 Å². The molecule has 0 radical (unpaired) electrons. The van der Waals surface area contributed by atoms with Crippen molar-refractivity contribution >= 4 is 33.9 Å². The van der Waals surface area contributed by atoms with Gasteiger partial charge in [-0.05, 0) is 54.0 Å². The summed E-state index contributed by atoms with van der Waals surface area (Å²) in [5.74, 6) is 1.31. The highest BCUT2D eigenvalue weighted by atomic mass is 32.1. The first kappa shape index (κ1) is 21.9. The summed E-state index contributed by atoms with van der Waals surface area (Å²) in [6, 6.07) is 17.5. The van der Waals surface area contributed by atoms with Crippen molar-refractivity contribution in [1.82, 2.24) is 14.9 Å². The number of fused-ring (bicyclic) bond motifs is 2. The zero-order valence-electron chi connectivity index (χ0n) is 18.7. The molecule has 0 amide bonds. The van der Waals surface area contributed by atoms with Crippen molar-refractivity contribution in [2.24, 2.45) is 0 Å². The second kappa shape index (κ2) is 9.52. The number of hydrogen-bond acceptors (Lipinski definition) is 5. The summed E-state index contributed by atoms with van der Waals surface area (Å²) >= 11 is 5.81. The number of ether oxygens (including phenoxy) is 2. The van der Waals surface area contributed by atoms with E-state index >= 15 is 0 Å². The number of para-hydroxylation sites is 1. The molecule has 3 heterocycles. The van der Waals surface area contributed by atoms with Crippen LogP contribution in [0.4, 0.5) is 5.69 Å². The number of aromatic amines is 1. The molecule has 0 bridgehead atoms. The minimum atomic E-state index is -0.167. The molecule has 2 aromatic carbocycles. The minimum absolute atomic E-state index is 0.167. The summed E-state index contributed by atoms with van der Waals surface area (Å²) in [7, 11) is 0. The van der Waals surface area contributed by atoms with Gasteiger partial charge in [0, 0.05) is 41.6 Å². The van der Waals surface area contributed by atoms with Crippen LogP contribution in [0.15, 0.2) is 71.8 Å². The number of pyridine rings is 2. The second-order valence-electron chi connectivity index (χ2n) is 8.07. The molecular weight excluding hydrogens is 448 g/mol. The lowest BCUT2D eigenvalue weighted by atomic mass is 10.1. The number of thiocarbonyl (C=S) groups is 1. The van der Waals surface area contributed by atoms with Gasteiger partial charge in [0.2, 0.25) is 6.79 Å². The van der Waals surface area contributed by atoms with Gasteiger partial charge in [0.05, 0.1) is 12.1 Å². The average molecular weight is 473 g/mol. The Morgan fingerprint density at radius 1 is 1.09 bits per heavy atom. The lowest BCUT2D eigenvalue weighted by Crippen LogP contribution is -2.35. The molecule has 8 heteroatoms. The maximum Gasteiger partial charge on any atom is 0.253 e. The normalized spacial score (nSPS) is 12.0. The number of benzene rings is 2. The molecular formula is C26H24N4O3S. The Kier molecular flexibility index (Phi) is 6.14. The van der Waals surface area contributed by atoms with Crippen molar-refractivity contribution < 1.29 is 9.47 Å². The topological polar surface area (TPSA) is 79.5 Å². The van der Waals surface area contributed by atoms with Crippen molar-refractivity contribution in [2.75, 3.05) is 12.1 Å². The van der Waals surface area contributed by atoms with Crippen LogP contribution in [0.3, 0.4) is 0 Å². The Labute approximate surface area is 202 Å². The molecule has 2 aromatic heterocycles. The average Bonchev–Trinajstić information content (AvgIpc) is 3.31. The number of aromatic nitrogens is 2. The Hall–Kier alpha value is -3.91. The quantitative estimate of drug-likeness (QED) is 0.397. The fourth-order valence-electron chi connectivity index (χ4n) is 4.02. The van der Waals surface area contributed by atoms with Gasteiger partial charge in [0.1, 0.15) is 0 Å². The largest absolute Gasteiger partial charge is 0.454 e. The summed E-state index contributed by atoms with van der Waals surface area (Å²) in [6.45, 7) is 3.12. The van der Waals surface area contributed by atoms with Gasteiger partial charge < -0.3 is 24.7 Å². The monoisotopic (exact) mass is 472 g/mol. The maximum atomic E-state index is 13.0. The molecule has 2 N–H and O–H groups in total. The molecule has 1 aliphatic rings. The number of nitrogens with one attached hydrogen (secondary N) is 2. The van der Waals surface area contributed by atoms with Crippen molar-refractivity contribution in [3.63, 3.8) is 0 Å². The Balaban J connectivity index is 1.47. The summed E-state index contributed by atoms with van der Waals surface area (Å²) in [6.07, 6.45) is 4.43.